The molecule has 2 heterocycles. The zero-order valence-electron chi connectivity index (χ0n) is 18.4. The van der Waals surface area contributed by atoms with Gasteiger partial charge in [-0.05, 0) is 65.9 Å². The number of piperidine rings is 1. The van der Waals surface area contributed by atoms with Crippen LogP contribution in [0.15, 0.2) is 85.1 Å². The molecule has 2 atom stereocenters. The van der Waals surface area contributed by atoms with Crippen molar-refractivity contribution in [2.24, 2.45) is 0 Å². The molecule has 1 aliphatic rings. The normalized spacial score (nSPS) is 18.3. The van der Waals surface area contributed by atoms with Gasteiger partial charge >= 0.3 is 0 Å². The number of fused-ring (bicyclic) bond motifs is 1. The maximum atomic E-state index is 13.4. The molecule has 1 N–H and O–H groups in total. The van der Waals surface area contributed by atoms with Crippen molar-refractivity contribution in [3.05, 3.63) is 108 Å². The second-order valence-corrected chi connectivity index (χ2v) is 8.43. The van der Waals surface area contributed by atoms with Gasteiger partial charge in [0.2, 0.25) is 0 Å². The van der Waals surface area contributed by atoms with Crippen LogP contribution in [0.2, 0.25) is 0 Å². The van der Waals surface area contributed by atoms with Gasteiger partial charge in [0, 0.05) is 24.0 Å². The van der Waals surface area contributed by atoms with Crippen molar-refractivity contribution in [2.75, 3.05) is 13.1 Å². The second-order valence-electron chi connectivity index (χ2n) is 8.43. The summed E-state index contributed by atoms with van der Waals surface area (Å²) in [4.78, 5) is 4.36. The van der Waals surface area contributed by atoms with Crippen LogP contribution >= 0.6 is 0 Å². The van der Waals surface area contributed by atoms with E-state index in [9.17, 15) is 4.39 Å². The molecule has 33 heavy (non-hydrogen) atoms. The molecule has 0 saturated carbocycles. The van der Waals surface area contributed by atoms with E-state index in [1.54, 1.807) is 6.20 Å². The van der Waals surface area contributed by atoms with Crippen molar-refractivity contribution in [3.8, 4) is 5.75 Å². The summed E-state index contributed by atoms with van der Waals surface area (Å²) in [5.41, 5.74) is 3.08. The van der Waals surface area contributed by atoms with E-state index in [2.05, 4.69) is 34.6 Å². The Morgan fingerprint density at radius 1 is 0.939 bits per heavy atom. The van der Waals surface area contributed by atoms with Crippen LogP contribution in [0, 0.1) is 5.82 Å². The van der Waals surface area contributed by atoms with Crippen LogP contribution in [0.25, 0.3) is 10.8 Å². The third-order valence-corrected chi connectivity index (χ3v) is 6.17. The third-order valence-electron chi connectivity index (χ3n) is 6.17. The van der Waals surface area contributed by atoms with Gasteiger partial charge in [-0.3, -0.25) is 4.98 Å². The summed E-state index contributed by atoms with van der Waals surface area (Å²) in [6.45, 7) is 2.60. The molecule has 5 heteroatoms. The van der Waals surface area contributed by atoms with E-state index in [0.29, 0.717) is 13.2 Å². The number of aromatic nitrogens is 1. The largest absolute Gasteiger partial charge is 0.487 e. The molecule has 0 spiro atoms. The molecule has 0 bridgehead atoms. The first-order valence-corrected chi connectivity index (χ1v) is 11.4. The standard InChI is InChI=1S/C28H27FN2O2/c29-23-10-8-21(9-11-23)26-12-14-30-17-28(26)32-18-20-15-22-5-1-2-7-25(22)27(16-20)33-19-24-6-3-4-13-31-24/h1-11,13,15-16,26,28,30H,12,14,17-19H2. The molecule has 0 amide bonds. The lowest BCUT2D eigenvalue weighted by Crippen LogP contribution is -2.40. The van der Waals surface area contributed by atoms with Crippen molar-refractivity contribution in [1.82, 2.24) is 10.3 Å². The first kappa shape index (κ1) is 21.6. The fourth-order valence-corrected chi connectivity index (χ4v) is 4.47. The molecule has 1 fully saturated rings. The highest BCUT2D eigenvalue weighted by Crippen LogP contribution is 2.31. The van der Waals surface area contributed by atoms with Crippen LogP contribution in [0.4, 0.5) is 4.39 Å². The molecular formula is C28H27FN2O2. The molecule has 1 aliphatic heterocycles. The molecule has 0 aliphatic carbocycles. The van der Waals surface area contributed by atoms with Crippen LogP contribution in [0.1, 0.15) is 29.2 Å². The van der Waals surface area contributed by atoms with Crippen LogP contribution in [-0.4, -0.2) is 24.2 Å². The van der Waals surface area contributed by atoms with E-state index in [1.165, 1.54) is 12.1 Å². The molecule has 168 valence electrons. The van der Waals surface area contributed by atoms with Gasteiger partial charge in [-0.1, -0.05) is 42.5 Å². The first-order valence-electron chi connectivity index (χ1n) is 11.4. The fraction of sp³-hybridized carbons (Fsp3) is 0.250. The van der Waals surface area contributed by atoms with E-state index < -0.39 is 0 Å². The maximum Gasteiger partial charge on any atom is 0.130 e. The summed E-state index contributed by atoms with van der Waals surface area (Å²) in [6.07, 6.45) is 2.76. The molecule has 1 saturated heterocycles. The Bertz CT molecular complexity index is 1200. The Hall–Kier alpha value is -3.28. The Morgan fingerprint density at radius 2 is 1.79 bits per heavy atom. The summed E-state index contributed by atoms with van der Waals surface area (Å²) >= 11 is 0. The van der Waals surface area contributed by atoms with Gasteiger partial charge in [-0.15, -0.1) is 0 Å². The number of benzene rings is 3. The molecule has 4 nitrogen and oxygen atoms in total. The predicted molar refractivity (Wildman–Crippen MR) is 128 cm³/mol. The Kier molecular flexibility index (Phi) is 6.61. The summed E-state index contributed by atoms with van der Waals surface area (Å²) in [5.74, 6) is 0.862. The van der Waals surface area contributed by atoms with Gasteiger partial charge in [0.1, 0.15) is 18.2 Å². The van der Waals surface area contributed by atoms with E-state index >= 15 is 0 Å². The minimum Gasteiger partial charge on any atom is -0.487 e. The number of nitrogens with one attached hydrogen (secondary N) is 1. The van der Waals surface area contributed by atoms with E-state index in [-0.39, 0.29) is 17.8 Å². The average Bonchev–Trinajstić information content (AvgIpc) is 2.87. The average molecular weight is 443 g/mol. The minimum absolute atomic E-state index is 0.0218. The zero-order valence-corrected chi connectivity index (χ0v) is 18.4. The van der Waals surface area contributed by atoms with Crippen molar-refractivity contribution in [3.63, 3.8) is 0 Å². The lowest BCUT2D eigenvalue weighted by atomic mass is 9.88. The van der Waals surface area contributed by atoms with E-state index in [1.807, 2.05) is 42.5 Å². The molecule has 5 rings (SSSR count). The van der Waals surface area contributed by atoms with Gasteiger partial charge in [-0.25, -0.2) is 4.39 Å². The van der Waals surface area contributed by atoms with Gasteiger partial charge in [-0.2, -0.15) is 0 Å². The maximum absolute atomic E-state index is 13.4. The van der Waals surface area contributed by atoms with Gasteiger partial charge < -0.3 is 14.8 Å². The molecule has 2 unspecified atom stereocenters. The van der Waals surface area contributed by atoms with Crippen molar-refractivity contribution in [1.29, 1.82) is 0 Å². The Balaban J connectivity index is 1.34. The van der Waals surface area contributed by atoms with Crippen molar-refractivity contribution >= 4 is 10.8 Å². The quantitative estimate of drug-likeness (QED) is 0.404. The highest BCUT2D eigenvalue weighted by Gasteiger charge is 2.27. The molecule has 3 aromatic carbocycles. The Labute approximate surface area is 193 Å². The minimum atomic E-state index is -0.209. The van der Waals surface area contributed by atoms with E-state index in [0.717, 1.165) is 52.9 Å². The van der Waals surface area contributed by atoms with Crippen molar-refractivity contribution in [2.45, 2.75) is 31.7 Å². The highest BCUT2D eigenvalue weighted by atomic mass is 19.1. The molecule has 4 aromatic rings. The second kappa shape index (κ2) is 10.1. The van der Waals surface area contributed by atoms with Crippen LogP contribution in [0.3, 0.4) is 0 Å². The molecule has 1 aromatic heterocycles. The third kappa shape index (κ3) is 5.21. The highest BCUT2D eigenvalue weighted by molar-refractivity contribution is 5.89. The van der Waals surface area contributed by atoms with Gasteiger partial charge in [0.05, 0.1) is 18.4 Å². The first-order chi connectivity index (χ1) is 16.3. The van der Waals surface area contributed by atoms with Gasteiger partial charge in [0.15, 0.2) is 0 Å². The van der Waals surface area contributed by atoms with E-state index in [4.69, 9.17) is 9.47 Å². The summed E-state index contributed by atoms with van der Waals surface area (Å²) in [6, 6.07) is 25.1. The number of rotatable bonds is 7. The monoisotopic (exact) mass is 442 g/mol. The summed E-state index contributed by atoms with van der Waals surface area (Å²) in [7, 11) is 0. The lowest BCUT2D eigenvalue weighted by Gasteiger charge is -2.32. The summed E-state index contributed by atoms with van der Waals surface area (Å²) in [5, 5.41) is 5.62. The number of ether oxygens (including phenoxy) is 2. The fourth-order valence-electron chi connectivity index (χ4n) is 4.47. The number of pyridine rings is 1. The lowest BCUT2D eigenvalue weighted by molar-refractivity contribution is 0.0106. The smallest absolute Gasteiger partial charge is 0.130 e. The molecular weight excluding hydrogens is 415 g/mol. The van der Waals surface area contributed by atoms with Crippen LogP contribution < -0.4 is 10.1 Å². The Morgan fingerprint density at radius 3 is 2.64 bits per heavy atom. The van der Waals surface area contributed by atoms with Gasteiger partial charge in [0.25, 0.3) is 0 Å². The number of nitrogens with zero attached hydrogens (tertiary/aromatic N) is 1. The summed E-state index contributed by atoms with van der Waals surface area (Å²) < 4.78 is 26.0. The number of hydrogen-bond acceptors (Lipinski definition) is 4. The topological polar surface area (TPSA) is 43.4 Å². The zero-order chi connectivity index (χ0) is 22.5. The van der Waals surface area contributed by atoms with Crippen LogP contribution in [-0.2, 0) is 18.0 Å². The van der Waals surface area contributed by atoms with Crippen LogP contribution in [0.5, 0.6) is 5.75 Å². The van der Waals surface area contributed by atoms with Crippen molar-refractivity contribution < 1.29 is 13.9 Å². The predicted octanol–water partition coefficient (Wildman–Crippen LogP) is 5.62. The SMILES string of the molecule is Fc1ccc(C2CCNCC2OCc2cc(OCc3ccccn3)c3ccccc3c2)cc1. The number of halogens is 1. The molecule has 0 radical (unpaired) electrons. The number of hydrogen-bond donors (Lipinski definition) is 1.